The predicted molar refractivity (Wildman–Crippen MR) is 91.8 cm³/mol. The van der Waals surface area contributed by atoms with E-state index in [1.54, 1.807) is 6.08 Å². The van der Waals surface area contributed by atoms with Crippen LogP contribution >= 0.6 is 0 Å². The molecule has 120 valence electrons. The molecule has 0 atom stereocenters. The largest absolute Gasteiger partial charge is 0.343 e. The van der Waals surface area contributed by atoms with Crippen LogP contribution in [0.1, 0.15) is 17.0 Å². The lowest BCUT2D eigenvalue weighted by molar-refractivity contribution is -0.116. The number of nitrogens with one attached hydrogen (secondary N) is 1. The van der Waals surface area contributed by atoms with E-state index in [1.165, 1.54) is 11.6 Å². The van der Waals surface area contributed by atoms with E-state index in [-0.39, 0.29) is 12.5 Å². The molecule has 0 aliphatic heterocycles. The Morgan fingerprint density at radius 3 is 2.62 bits per heavy atom. The molecule has 0 saturated heterocycles. The second kappa shape index (κ2) is 7.37. The van der Waals surface area contributed by atoms with Gasteiger partial charge in [-0.2, -0.15) is 4.98 Å². The lowest BCUT2D eigenvalue weighted by Gasteiger charge is -1.97. The molecule has 3 rings (SSSR count). The van der Waals surface area contributed by atoms with E-state index in [4.69, 9.17) is 4.52 Å². The van der Waals surface area contributed by atoms with Gasteiger partial charge in [0.05, 0.1) is 6.54 Å². The van der Waals surface area contributed by atoms with Crippen LogP contribution in [0, 0.1) is 6.92 Å². The van der Waals surface area contributed by atoms with Crippen molar-refractivity contribution in [3.63, 3.8) is 0 Å². The number of carbonyl (C=O) groups is 1. The summed E-state index contributed by atoms with van der Waals surface area (Å²) in [4.78, 5) is 16.1. The van der Waals surface area contributed by atoms with Gasteiger partial charge in [0.25, 0.3) is 0 Å². The Morgan fingerprint density at radius 2 is 1.88 bits per heavy atom. The van der Waals surface area contributed by atoms with Crippen LogP contribution in [-0.2, 0) is 11.3 Å². The van der Waals surface area contributed by atoms with Crippen LogP contribution in [0.5, 0.6) is 0 Å². The summed E-state index contributed by atoms with van der Waals surface area (Å²) in [6, 6.07) is 17.5. The molecule has 24 heavy (non-hydrogen) atoms. The van der Waals surface area contributed by atoms with Gasteiger partial charge in [-0.05, 0) is 18.6 Å². The number of rotatable bonds is 5. The summed E-state index contributed by atoms with van der Waals surface area (Å²) in [6.45, 7) is 2.21. The first-order chi connectivity index (χ1) is 11.7. The van der Waals surface area contributed by atoms with Gasteiger partial charge in [-0.15, -0.1) is 0 Å². The third-order valence-corrected chi connectivity index (χ3v) is 3.42. The highest BCUT2D eigenvalue weighted by atomic mass is 16.5. The van der Waals surface area contributed by atoms with Crippen LogP contribution < -0.4 is 5.32 Å². The normalized spacial score (nSPS) is 10.9. The van der Waals surface area contributed by atoms with Crippen molar-refractivity contribution in [1.82, 2.24) is 15.5 Å². The van der Waals surface area contributed by atoms with Crippen molar-refractivity contribution < 1.29 is 9.32 Å². The highest BCUT2D eigenvalue weighted by Crippen LogP contribution is 2.16. The molecule has 0 spiro atoms. The van der Waals surface area contributed by atoms with Crippen molar-refractivity contribution in [3.8, 4) is 11.4 Å². The van der Waals surface area contributed by atoms with E-state index in [9.17, 15) is 4.79 Å². The molecular weight excluding hydrogens is 302 g/mol. The molecule has 0 saturated carbocycles. The summed E-state index contributed by atoms with van der Waals surface area (Å²) in [5.41, 5.74) is 3.01. The third kappa shape index (κ3) is 4.16. The Kier molecular flexibility index (Phi) is 4.81. The Balaban J connectivity index is 1.56. The van der Waals surface area contributed by atoms with E-state index in [1.807, 2.05) is 61.5 Å². The number of hydrogen-bond acceptors (Lipinski definition) is 4. The Bertz CT molecular complexity index is 837. The van der Waals surface area contributed by atoms with Crippen molar-refractivity contribution >= 4 is 12.0 Å². The smallest absolute Gasteiger partial charge is 0.246 e. The SMILES string of the molecule is Cc1ccc(-c2noc(CNC(=O)C=Cc3ccccc3)n2)cc1. The molecule has 1 heterocycles. The maximum absolute atomic E-state index is 11.8. The van der Waals surface area contributed by atoms with Crippen molar-refractivity contribution in [2.45, 2.75) is 13.5 Å². The van der Waals surface area contributed by atoms with Crippen molar-refractivity contribution in [3.05, 3.63) is 77.7 Å². The third-order valence-electron chi connectivity index (χ3n) is 3.42. The number of aromatic nitrogens is 2. The topological polar surface area (TPSA) is 68.0 Å². The zero-order valence-electron chi connectivity index (χ0n) is 13.3. The molecule has 0 unspecified atom stereocenters. The number of amides is 1. The number of aryl methyl sites for hydroxylation is 1. The van der Waals surface area contributed by atoms with Gasteiger partial charge < -0.3 is 9.84 Å². The van der Waals surface area contributed by atoms with Gasteiger partial charge in [-0.3, -0.25) is 4.79 Å². The first-order valence-corrected chi connectivity index (χ1v) is 7.61. The zero-order chi connectivity index (χ0) is 16.8. The van der Waals surface area contributed by atoms with E-state index in [0.29, 0.717) is 11.7 Å². The highest BCUT2D eigenvalue weighted by molar-refractivity contribution is 5.91. The van der Waals surface area contributed by atoms with Crippen molar-refractivity contribution in [1.29, 1.82) is 0 Å². The lowest BCUT2D eigenvalue weighted by Crippen LogP contribution is -2.20. The molecule has 5 heteroatoms. The Morgan fingerprint density at radius 1 is 1.12 bits per heavy atom. The fraction of sp³-hybridized carbons (Fsp3) is 0.105. The molecule has 0 bridgehead atoms. The van der Waals surface area contributed by atoms with Gasteiger partial charge in [-0.1, -0.05) is 65.3 Å². The van der Waals surface area contributed by atoms with Gasteiger partial charge in [0, 0.05) is 11.6 Å². The Labute approximate surface area is 140 Å². The molecule has 1 aromatic heterocycles. The average molecular weight is 319 g/mol. The maximum Gasteiger partial charge on any atom is 0.246 e. The quantitative estimate of drug-likeness (QED) is 0.732. The van der Waals surface area contributed by atoms with E-state index >= 15 is 0 Å². The summed E-state index contributed by atoms with van der Waals surface area (Å²) in [5.74, 6) is 0.667. The standard InChI is InChI=1S/C19H17N3O2/c1-14-7-10-16(11-8-14)19-21-18(24-22-19)13-20-17(23)12-9-15-5-3-2-4-6-15/h2-12H,13H2,1H3,(H,20,23). The lowest BCUT2D eigenvalue weighted by atomic mass is 10.1. The fourth-order valence-corrected chi connectivity index (χ4v) is 2.10. The van der Waals surface area contributed by atoms with Gasteiger partial charge in [0.2, 0.25) is 17.6 Å². The Hall–Kier alpha value is -3.21. The molecular formula is C19H17N3O2. The summed E-state index contributed by atoms with van der Waals surface area (Å²) in [6.07, 6.45) is 3.23. The van der Waals surface area contributed by atoms with Gasteiger partial charge in [0.15, 0.2) is 0 Å². The average Bonchev–Trinajstić information content (AvgIpc) is 3.09. The number of hydrogen-bond donors (Lipinski definition) is 1. The van der Waals surface area contributed by atoms with Crippen LogP contribution in [0.4, 0.5) is 0 Å². The summed E-state index contributed by atoms with van der Waals surface area (Å²) >= 11 is 0. The molecule has 0 aliphatic carbocycles. The summed E-state index contributed by atoms with van der Waals surface area (Å²) in [7, 11) is 0. The molecule has 0 radical (unpaired) electrons. The molecule has 5 nitrogen and oxygen atoms in total. The van der Waals surface area contributed by atoms with Crippen LogP contribution in [0.15, 0.2) is 65.2 Å². The molecule has 1 N–H and O–H groups in total. The fourth-order valence-electron chi connectivity index (χ4n) is 2.10. The van der Waals surface area contributed by atoms with Crippen LogP contribution in [0.25, 0.3) is 17.5 Å². The maximum atomic E-state index is 11.8. The molecule has 0 aliphatic rings. The molecule has 3 aromatic rings. The van der Waals surface area contributed by atoms with Gasteiger partial charge >= 0.3 is 0 Å². The first kappa shape index (κ1) is 15.7. The predicted octanol–water partition coefficient (Wildman–Crippen LogP) is 3.37. The monoisotopic (exact) mass is 319 g/mol. The van der Waals surface area contributed by atoms with E-state index in [0.717, 1.165) is 11.1 Å². The molecule has 1 amide bonds. The summed E-state index contributed by atoms with van der Waals surface area (Å²) in [5, 5.41) is 6.65. The second-order valence-electron chi connectivity index (χ2n) is 5.34. The minimum Gasteiger partial charge on any atom is -0.343 e. The molecule has 2 aromatic carbocycles. The van der Waals surface area contributed by atoms with Crippen LogP contribution in [-0.4, -0.2) is 16.0 Å². The van der Waals surface area contributed by atoms with Gasteiger partial charge in [0.1, 0.15) is 0 Å². The highest BCUT2D eigenvalue weighted by Gasteiger charge is 2.08. The van der Waals surface area contributed by atoms with E-state index < -0.39 is 0 Å². The second-order valence-corrected chi connectivity index (χ2v) is 5.34. The molecule has 0 fully saturated rings. The van der Waals surface area contributed by atoms with Crippen LogP contribution in [0.3, 0.4) is 0 Å². The number of carbonyl (C=O) groups excluding carboxylic acids is 1. The van der Waals surface area contributed by atoms with E-state index in [2.05, 4.69) is 15.5 Å². The first-order valence-electron chi connectivity index (χ1n) is 7.61. The minimum atomic E-state index is -0.214. The number of nitrogens with zero attached hydrogens (tertiary/aromatic N) is 2. The summed E-state index contributed by atoms with van der Waals surface area (Å²) < 4.78 is 5.16. The number of benzene rings is 2. The van der Waals surface area contributed by atoms with Crippen molar-refractivity contribution in [2.75, 3.05) is 0 Å². The minimum absolute atomic E-state index is 0.191. The van der Waals surface area contributed by atoms with Crippen molar-refractivity contribution in [2.24, 2.45) is 0 Å². The van der Waals surface area contributed by atoms with Gasteiger partial charge in [-0.25, -0.2) is 0 Å². The zero-order valence-corrected chi connectivity index (χ0v) is 13.3. The van der Waals surface area contributed by atoms with Crippen LogP contribution in [0.2, 0.25) is 0 Å².